The van der Waals surface area contributed by atoms with Crippen molar-refractivity contribution in [2.45, 2.75) is 38.8 Å². The van der Waals surface area contributed by atoms with Gasteiger partial charge in [0.1, 0.15) is 0 Å². The molecule has 0 radical (unpaired) electrons. The van der Waals surface area contributed by atoms with Crippen LogP contribution in [-0.2, 0) is 16.1 Å². The Labute approximate surface area is 136 Å². The van der Waals surface area contributed by atoms with Crippen LogP contribution in [0.4, 0.5) is 0 Å². The van der Waals surface area contributed by atoms with Gasteiger partial charge in [-0.25, -0.2) is 0 Å². The molecular weight excluding hydrogens is 296 g/mol. The normalized spacial score (nSPS) is 17.3. The van der Waals surface area contributed by atoms with E-state index in [4.69, 9.17) is 4.74 Å². The lowest BCUT2D eigenvalue weighted by Gasteiger charge is -2.24. The van der Waals surface area contributed by atoms with Crippen LogP contribution < -0.4 is 5.32 Å². The van der Waals surface area contributed by atoms with E-state index in [1.54, 1.807) is 18.3 Å². The highest BCUT2D eigenvalue weighted by Gasteiger charge is 2.19. The Balaban J connectivity index is 1.75. The summed E-state index contributed by atoms with van der Waals surface area (Å²) in [6, 6.07) is 4.26. The van der Waals surface area contributed by atoms with Gasteiger partial charge in [0, 0.05) is 37.7 Å². The van der Waals surface area contributed by atoms with Crippen molar-refractivity contribution in [2.75, 3.05) is 26.2 Å². The number of thiophene rings is 1. The van der Waals surface area contributed by atoms with Gasteiger partial charge in [-0.15, -0.1) is 11.3 Å². The second-order valence-corrected chi connectivity index (χ2v) is 6.47. The van der Waals surface area contributed by atoms with Crippen molar-refractivity contribution in [1.82, 2.24) is 10.2 Å². The Hall–Kier alpha value is -1.35. The first-order valence-corrected chi connectivity index (χ1v) is 8.73. The minimum Gasteiger partial charge on any atom is -0.377 e. The summed E-state index contributed by atoms with van der Waals surface area (Å²) in [4.78, 5) is 15.1. The lowest BCUT2D eigenvalue weighted by Crippen LogP contribution is -2.34. The van der Waals surface area contributed by atoms with Gasteiger partial charge in [-0.2, -0.15) is 0 Å². The lowest BCUT2D eigenvalue weighted by atomic mass is 10.2. The van der Waals surface area contributed by atoms with Crippen molar-refractivity contribution in [3.05, 3.63) is 22.4 Å². The van der Waals surface area contributed by atoms with E-state index >= 15 is 0 Å². The lowest BCUT2D eigenvalue weighted by molar-refractivity contribution is -0.115. The average Bonchev–Trinajstić information content (AvgIpc) is 3.17. The highest BCUT2D eigenvalue weighted by molar-refractivity contribution is 7.09. The smallest absolute Gasteiger partial charge is 0.295 e. The first-order valence-electron chi connectivity index (χ1n) is 7.85. The van der Waals surface area contributed by atoms with Gasteiger partial charge in [-0.1, -0.05) is 12.0 Å². The molecule has 4 nitrogen and oxygen atoms in total. The molecule has 1 N–H and O–H groups in total. The van der Waals surface area contributed by atoms with Crippen LogP contribution in [0.25, 0.3) is 0 Å². The fourth-order valence-corrected chi connectivity index (χ4v) is 3.34. The Morgan fingerprint density at radius 1 is 1.59 bits per heavy atom. The Morgan fingerprint density at radius 3 is 3.18 bits per heavy atom. The maximum atomic E-state index is 11.3. The molecule has 1 aromatic rings. The molecule has 0 aliphatic carbocycles. The third-order valence-electron chi connectivity index (χ3n) is 3.62. The van der Waals surface area contributed by atoms with Gasteiger partial charge in [0.2, 0.25) is 0 Å². The number of amides is 1. The van der Waals surface area contributed by atoms with Crippen LogP contribution in [0.15, 0.2) is 17.5 Å². The Bertz CT molecular complexity index is 498. The molecule has 1 unspecified atom stereocenters. The van der Waals surface area contributed by atoms with Crippen LogP contribution in [-0.4, -0.2) is 43.2 Å². The van der Waals surface area contributed by atoms with E-state index in [2.05, 4.69) is 39.6 Å². The topological polar surface area (TPSA) is 41.6 Å². The molecule has 1 atom stereocenters. The fourth-order valence-electron chi connectivity index (χ4n) is 2.60. The summed E-state index contributed by atoms with van der Waals surface area (Å²) in [6.07, 6.45) is 3.61. The number of carbonyl (C=O) groups is 1. The van der Waals surface area contributed by atoms with E-state index in [0.717, 1.165) is 39.1 Å². The minimum absolute atomic E-state index is 0.188. The third kappa shape index (κ3) is 6.18. The Kier molecular flexibility index (Phi) is 7.44. The van der Waals surface area contributed by atoms with E-state index in [9.17, 15) is 4.79 Å². The quantitative estimate of drug-likeness (QED) is 0.590. The number of nitrogens with zero attached hydrogens (tertiary/aromatic N) is 1. The van der Waals surface area contributed by atoms with Crippen molar-refractivity contribution in [1.29, 1.82) is 0 Å². The van der Waals surface area contributed by atoms with Crippen LogP contribution >= 0.6 is 11.3 Å². The monoisotopic (exact) mass is 320 g/mol. The van der Waals surface area contributed by atoms with Crippen molar-refractivity contribution in [3.8, 4) is 11.8 Å². The summed E-state index contributed by atoms with van der Waals surface area (Å²) < 4.78 is 5.75. The summed E-state index contributed by atoms with van der Waals surface area (Å²) >= 11 is 1.79. The second kappa shape index (κ2) is 9.62. The number of carbonyl (C=O) groups excluding carboxylic acids is 1. The van der Waals surface area contributed by atoms with Crippen LogP contribution in [0.1, 0.15) is 31.1 Å². The van der Waals surface area contributed by atoms with Gasteiger partial charge in [0.25, 0.3) is 5.91 Å². The molecule has 0 saturated carbocycles. The molecule has 2 heterocycles. The predicted octanol–water partition coefficient (Wildman–Crippen LogP) is 2.26. The molecule has 2 rings (SSSR count). The van der Waals surface area contributed by atoms with Crippen molar-refractivity contribution in [3.63, 3.8) is 0 Å². The largest absolute Gasteiger partial charge is 0.377 e. The zero-order valence-electron chi connectivity index (χ0n) is 13.1. The number of hydrogen-bond acceptors (Lipinski definition) is 4. The highest BCUT2D eigenvalue weighted by atomic mass is 32.1. The van der Waals surface area contributed by atoms with Gasteiger partial charge >= 0.3 is 0 Å². The maximum Gasteiger partial charge on any atom is 0.295 e. The van der Waals surface area contributed by atoms with Gasteiger partial charge in [-0.05, 0) is 43.6 Å². The predicted molar refractivity (Wildman–Crippen MR) is 89.6 cm³/mol. The van der Waals surface area contributed by atoms with E-state index in [0.29, 0.717) is 12.6 Å². The van der Waals surface area contributed by atoms with E-state index in [1.807, 2.05) is 0 Å². The molecule has 120 valence electrons. The molecule has 1 fully saturated rings. The maximum absolute atomic E-state index is 11.3. The molecule has 0 spiro atoms. The summed E-state index contributed by atoms with van der Waals surface area (Å²) in [6.45, 7) is 6.12. The SMILES string of the molecule is CC#CC(=O)NCCCN(Cc1cccs1)CC1CCCO1. The standard InChI is InChI=1S/C17H24N2O2S/c1-2-6-17(20)18-9-5-10-19(13-15-7-3-11-21-15)14-16-8-4-12-22-16/h4,8,12,15H,3,5,7,9-11,13-14H2,1H3,(H,18,20). The van der Waals surface area contributed by atoms with E-state index in [-0.39, 0.29) is 5.91 Å². The zero-order valence-corrected chi connectivity index (χ0v) is 14.0. The number of hydrogen-bond donors (Lipinski definition) is 1. The van der Waals surface area contributed by atoms with Crippen LogP contribution in [0.3, 0.4) is 0 Å². The first kappa shape index (κ1) is 17.0. The van der Waals surface area contributed by atoms with Crippen molar-refractivity contribution in [2.24, 2.45) is 0 Å². The summed E-state index contributed by atoms with van der Waals surface area (Å²) in [5.41, 5.74) is 0. The summed E-state index contributed by atoms with van der Waals surface area (Å²) in [5.74, 6) is 4.92. The van der Waals surface area contributed by atoms with Gasteiger partial charge in [0.15, 0.2) is 0 Å². The van der Waals surface area contributed by atoms with Crippen LogP contribution in [0.5, 0.6) is 0 Å². The summed E-state index contributed by atoms with van der Waals surface area (Å²) in [7, 11) is 0. The molecule has 1 amide bonds. The van der Waals surface area contributed by atoms with Crippen molar-refractivity contribution < 1.29 is 9.53 Å². The van der Waals surface area contributed by atoms with Crippen molar-refractivity contribution >= 4 is 17.2 Å². The third-order valence-corrected chi connectivity index (χ3v) is 4.48. The number of nitrogens with one attached hydrogen (secondary N) is 1. The first-order chi connectivity index (χ1) is 10.8. The summed E-state index contributed by atoms with van der Waals surface area (Å²) in [5, 5.41) is 4.94. The van der Waals surface area contributed by atoms with E-state index in [1.165, 1.54) is 11.3 Å². The zero-order chi connectivity index (χ0) is 15.6. The Morgan fingerprint density at radius 2 is 2.50 bits per heavy atom. The number of rotatable bonds is 8. The fraction of sp³-hybridized carbons (Fsp3) is 0.588. The van der Waals surface area contributed by atoms with E-state index < -0.39 is 0 Å². The second-order valence-electron chi connectivity index (χ2n) is 5.43. The minimum atomic E-state index is -0.188. The van der Waals surface area contributed by atoms with Crippen LogP contribution in [0, 0.1) is 11.8 Å². The molecule has 0 bridgehead atoms. The molecule has 1 aliphatic rings. The molecule has 0 aromatic carbocycles. The number of ether oxygens (including phenoxy) is 1. The molecular formula is C17H24N2O2S. The van der Waals surface area contributed by atoms with Gasteiger partial charge in [-0.3, -0.25) is 9.69 Å². The average molecular weight is 320 g/mol. The van der Waals surface area contributed by atoms with Gasteiger partial charge < -0.3 is 10.1 Å². The van der Waals surface area contributed by atoms with Crippen LogP contribution in [0.2, 0.25) is 0 Å². The molecule has 1 aliphatic heterocycles. The highest BCUT2D eigenvalue weighted by Crippen LogP contribution is 2.17. The molecule has 22 heavy (non-hydrogen) atoms. The molecule has 1 saturated heterocycles. The molecule has 5 heteroatoms. The molecule has 1 aromatic heterocycles. The van der Waals surface area contributed by atoms with Gasteiger partial charge in [0.05, 0.1) is 6.10 Å².